The Hall–Kier alpha value is -2.24. The van der Waals surface area contributed by atoms with E-state index in [0.29, 0.717) is 17.3 Å². The highest BCUT2D eigenvalue weighted by Crippen LogP contribution is 2.25. The van der Waals surface area contributed by atoms with Crippen LogP contribution in [0.5, 0.6) is 5.75 Å². The van der Waals surface area contributed by atoms with Crippen LogP contribution in [-0.2, 0) is 10.0 Å². The maximum absolute atomic E-state index is 12.6. The van der Waals surface area contributed by atoms with Gasteiger partial charge < -0.3 is 4.74 Å². The number of hydrogen-bond acceptors (Lipinski definition) is 3. The number of ether oxygens (including phenoxy) is 1. The van der Waals surface area contributed by atoms with Crippen molar-refractivity contribution < 1.29 is 13.2 Å². The van der Waals surface area contributed by atoms with Gasteiger partial charge in [0.25, 0.3) is 10.0 Å². The van der Waals surface area contributed by atoms with Crippen LogP contribution in [0.3, 0.4) is 0 Å². The summed E-state index contributed by atoms with van der Waals surface area (Å²) < 4.78 is 33.5. The molecule has 0 aliphatic carbocycles. The van der Waals surface area contributed by atoms with Crippen LogP contribution in [0.1, 0.15) is 19.8 Å². The largest absolute Gasteiger partial charge is 0.494 e. The van der Waals surface area contributed by atoms with Gasteiger partial charge in [0, 0.05) is 10.7 Å². The van der Waals surface area contributed by atoms with E-state index in [4.69, 9.17) is 16.3 Å². The van der Waals surface area contributed by atoms with Crippen molar-refractivity contribution in [2.24, 2.45) is 0 Å². The number of sulfonamides is 1. The summed E-state index contributed by atoms with van der Waals surface area (Å²) >= 11 is 5.83. The fourth-order valence-corrected chi connectivity index (χ4v) is 3.74. The van der Waals surface area contributed by atoms with E-state index in [1.165, 1.54) is 0 Å². The van der Waals surface area contributed by atoms with Crippen LogP contribution in [0, 0.1) is 0 Å². The molecule has 0 amide bonds. The van der Waals surface area contributed by atoms with E-state index in [0.717, 1.165) is 29.4 Å². The summed E-state index contributed by atoms with van der Waals surface area (Å²) in [7, 11) is -3.67. The summed E-state index contributed by atoms with van der Waals surface area (Å²) in [5.74, 6) is 0.792. The molecule has 0 aliphatic rings. The first-order valence-electron chi connectivity index (χ1n) is 8.43. The molecule has 0 aliphatic heterocycles. The van der Waals surface area contributed by atoms with Gasteiger partial charge in [-0.1, -0.05) is 37.1 Å². The predicted molar refractivity (Wildman–Crippen MR) is 107 cm³/mol. The Morgan fingerprint density at radius 2 is 1.65 bits per heavy atom. The number of nitrogens with one attached hydrogen (secondary N) is 1. The summed E-state index contributed by atoms with van der Waals surface area (Å²) in [6, 6.07) is 17.2. The van der Waals surface area contributed by atoms with Crippen molar-refractivity contribution in [1.82, 2.24) is 0 Å². The molecule has 0 saturated carbocycles. The van der Waals surface area contributed by atoms with Crippen molar-refractivity contribution in [2.45, 2.75) is 24.7 Å². The highest BCUT2D eigenvalue weighted by molar-refractivity contribution is 7.92. The number of unbranched alkanes of at least 4 members (excludes halogenated alkanes) is 1. The van der Waals surface area contributed by atoms with Crippen molar-refractivity contribution in [3.63, 3.8) is 0 Å². The molecule has 0 saturated heterocycles. The molecule has 0 bridgehead atoms. The first kappa shape index (κ1) is 18.5. The molecule has 0 aromatic heterocycles. The summed E-state index contributed by atoms with van der Waals surface area (Å²) in [5, 5.41) is 2.33. The maximum Gasteiger partial charge on any atom is 0.261 e. The zero-order chi connectivity index (χ0) is 18.6. The topological polar surface area (TPSA) is 55.4 Å². The van der Waals surface area contributed by atoms with Gasteiger partial charge in [-0.25, -0.2) is 8.42 Å². The molecule has 0 atom stereocenters. The molecule has 0 fully saturated rings. The van der Waals surface area contributed by atoms with Crippen molar-refractivity contribution in [2.75, 3.05) is 11.3 Å². The number of halogens is 1. The van der Waals surface area contributed by atoms with E-state index < -0.39 is 10.0 Å². The molecular formula is C20H20ClNO3S. The Morgan fingerprint density at radius 3 is 2.38 bits per heavy atom. The summed E-state index contributed by atoms with van der Waals surface area (Å²) in [6.45, 7) is 2.79. The van der Waals surface area contributed by atoms with Crippen molar-refractivity contribution in [1.29, 1.82) is 0 Å². The van der Waals surface area contributed by atoms with Crippen LogP contribution in [0.15, 0.2) is 65.6 Å². The number of rotatable bonds is 7. The third kappa shape index (κ3) is 4.48. The molecule has 0 spiro atoms. The standard InChI is InChI=1S/C20H20ClNO3S/c1-2-3-12-25-19-10-4-16-14-20(11-5-15(16)13-19)26(23,24)22-18-8-6-17(21)7-9-18/h4-11,13-14,22H,2-3,12H2,1H3. The van der Waals surface area contributed by atoms with E-state index in [1.807, 2.05) is 18.2 Å². The molecule has 1 N–H and O–H groups in total. The zero-order valence-corrected chi connectivity index (χ0v) is 16.0. The third-order valence-corrected chi connectivity index (χ3v) is 5.59. The Kier molecular flexibility index (Phi) is 5.69. The van der Waals surface area contributed by atoms with Crippen LogP contribution < -0.4 is 9.46 Å². The highest BCUT2D eigenvalue weighted by Gasteiger charge is 2.15. The molecule has 0 unspecified atom stereocenters. The molecule has 4 nitrogen and oxygen atoms in total. The Morgan fingerprint density at radius 1 is 0.962 bits per heavy atom. The first-order chi connectivity index (χ1) is 12.5. The minimum absolute atomic E-state index is 0.208. The average Bonchev–Trinajstić information content (AvgIpc) is 2.63. The fraction of sp³-hybridized carbons (Fsp3) is 0.200. The molecule has 0 heterocycles. The Labute approximate surface area is 158 Å². The normalized spacial score (nSPS) is 11.5. The molecule has 136 valence electrons. The molecule has 26 heavy (non-hydrogen) atoms. The van der Waals surface area contributed by atoms with Gasteiger partial charge in [-0.05, 0) is 65.7 Å². The van der Waals surface area contributed by atoms with Gasteiger partial charge in [-0.3, -0.25) is 4.72 Å². The van der Waals surface area contributed by atoms with Gasteiger partial charge in [0.1, 0.15) is 5.75 Å². The van der Waals surface area contributed by atoms with Gasteiger partial charge in [0.15, 0.2) is 0 Å². The lowest BCUT2D eigenvalue weighted by atomic mass is 10.1. The van der Waals surface area contributed by atoms with Crippen LogP contribution >= 0.6 is 11.6 Å². The predicted octanol–water partition coefficient (Wildman–Crippen LogP) is 5.47. The summed E-state index contributed by atoms with van der Waals surface area (Å²) in [5.41, 5.74) is 0.467. The van der Waals surface area contributed by atoms with Gasteiger partial charge in [-0.2, -0.15) is 0 Å². The molecule has 6 heteroatoms. The highest BCUT2D eigenvalue weighted by atomic mass is 35.5. The second-order valence-corrected chi connectivity index (χ2v) is 8.10. The van der Waals surface area contributed by atoms with Gasteiger partial charge in [0.2, 0.25) is 0 Å². The van der Waals surface area contributed by atoms with E-state index >= 15 is 0 Å². The first-order valence-corrected chi connectivity index (χ1v) is 10.3. The third-order valence-electron chi connectivity index (χ3n) is 3.96. The Balaban J connectivity index is 1.83. The molecule has 3 aromatic carbocycles. The lowest BCUT2D eigenvalue weighted by Gasteiger charge is -2.10. The van der Waals surface area contributed by atoms with Crippen molar-refractivity contribution >= 4 is 38.1 Å². The summed E-state index contributed by atoms with van der Waals surface area (Å²) in [6.07, 6.45) is 2.08. The van der Waals surface area contributed by atoms with Crippen molar-refractivity contribution in [3.05, 3.63) is 65.7 Å². The van der Waals surface area contributed by atoms with E-state index in [2.05, 4.69) is 11.6 Å². The van der Waals surface area contributed by atoms with Crippen LogP contribution in [0.4, 0.5) is 5.69 Å². The monoisotopic (exact) mass is 389 g/mol. The second kappa shape index (κ2) is 7.98. The lowest BCUT2D eigenvalue weighted by Crippen LogP contribution is -2.12. The summed E-state index contributed by atoms with van der Waals surface area (Å²) in [4.78, 5) is 0.208. The molecule has 3 aromatic rings. The molecule has 3 rings (SSSR count). The maximum atomic E-state index is 12.6. The van der Waals surface area contributed by atoms with E-state index in [1.54, 1.807) is 42.5 Å². The van der Waals surface area contributed by atoms with E-state index in [9.17, 15) is 8.42 Å². The lowest BCUT2D eigenvalue weighted by molar-refractivity contribution is 0.310. The zero-order valence-electron chi connectivity index (χ0n) is 14.4. The number of benzene rings is 3. The SMILES string of the molecule is CCCCOc1ccc2cc(S(=O)(=O)Nc3ccc(Cl)cc3)ccc2c1. The Bertz CT molecular complexity index is 1000. The van der Waals surface area contributed by atoms with Crippen LogP contribution in [0.2, 0.25) is 5.02 Å². The second-order valence-electron chi connectivity index (χ2n) is 5.99. The van der Waals surface area contributed by atoms with E-state index in [-0.39, 0.29) is 4.90 Å². The number of anilines is 1. The fourth-order valence-electron chi connectivity index (χ4n) is 2.53. The van der Waals surface area contributed by atoms with Crippen molar-refractivity contribution in [3.8, 4) is 5.75 Å². The van der Waals surface area contributed by atoms with Gasteiger partial charge in [-0.15, -0.1) is 0 Å². The number of hydrogen-bond donors (Lipinski definition) is 1. The number of fused-ring (bicyclic) bond motifs is 1. The molecule has 0 radical (unpaired) electrons. The smallest absolute Gasteiger partial charge is 0.261 e. The van der Waals surface area contributed by atoms with Crippen LogP contribution in [-0.4, -0.2) is 15.0 Å². The van der Waals surface area contributed by atoms with Gasteiger partial charge in [0.05, 0.1) is 11.5 Å². The molecular weight excluding hydrogens is 370 g/mol. The minimum Gasteiger partial charge on any atom is -0.494 e. The average molecular weight is 390 g/mol. The minimum atomic E-state index is -3.67. The van der Waals surface area contributed by atoms with Gasteiger partial charge >= 0.3 is 0 Å². The quantitative estimate of drug-likeness (QED) is 0.545. The van der Waals surface area contributed by atoms with Crippen LogP contribution in [0.25, 0.3) is 10.8 Å².